The van der Waals surface area contributed by atoms with E-state index >= 15 is 0 Å². The summed E-state index contributed by atoms with van der Waals surface area (Å²) in [5.41, 5.74) is 1.60. The smallest absolute Gasteiger partial charge is 0.328 e. The molecular weight excluding hydrogens is 339 g/mol. The first kappa shape index (κ1) is 15.3. The van der Waals surface area contributed by atoms with Crippen LogP contribution in [0.1, 0.15) is 11.1 Å². The van der Waals surface area contributed by atoms with Gasteiger partial charge in [-0.3, -0.25) is 0 Å². The summed E-state index contributed by atoms with van der Waals surface area (Å²) in [6.07, 6.45) is 2.54. The predicted molar refractivity (Wildman–Crippen MR) is 82.0 cm³/mol. The monoisotopic (exact) mass is 350 g/mol. The number of ether oxygens (including phenoxy) is 1. The lowest BCUT2D eigenvalue weighted by Gasteiger charge is -2.10. The van der Waals surface area contributed by atoms with Crippen LogP contribution < -0.4 is 4.74 Å². The molecule has 0 aliphatic carbocycles. The molecule has 2 rings (SSSR count). The second-order valence-electron chi connectivity index (χ2n) is 4.37. The third-order valence-corrected chi connectivity index (χ3v) is 3.36. The summed E-state index contributed by atoms with van der Waals surface area (Å²) in [4.78, 5) is 10.5. The van der Waals surface area contributed by atoms with E-state index in [1.54, 1.807) is 12.1 Å². The molecule has 0 bridgehead atoms. The summed E-state index contributed by atoms with van der Waals surface area (Å²) in [7, 11) is 0. The maximum absolute atomic E-state index is 13.2. The molecule has 3 nitrogen and oxygen atoms in total. The second-order valence-corrected chi connectivity index (χ2v) is 5.23. The number of aliphatic carboxylic acids is 1. The number of benzene rings is 2. The van der Waals surface area contributed by atoms with Gasteiger partial charge in [-0.2, -0.15) is 0 Å². The van der Waals surface area contributed by atoms with Crippen LogP contribution in [-0.2, 0) is 4.79 Å². The molecule has 21 heavy (non-hydrogen) atoms. The second kappa shape index (κ2) is 6.54. The van der Waals surface area contributed by atoms with E-state index in [-0.39, 0.29) is 5.82 Å². The zero-order chi connectivity index (χ0) is 15.4. The van der Waals surface area contributed by atoms with E-state index in [1.807, 2.05) is 13.0 Å². The number of carbonyl (C=O) groups is 1. The van der Waals surface area contributed by atoms with Crippen molar-refractivity contribution in [3.8, 4) is 11.5 Å². The van der Waals surface area contributed by atoms with E-state index in [4.69, 9.17) is 9.84 Å². The average molecular weight is 351 g/mol. The molecule has 0 saturated carbocycles. The van der Waals surface area contributed by atoms with Gasteiger partial charge in [-0.15, -0.1) is 0 Å². The fraction of sp³-hybridized carbons (Fsp3) is 0.0625. The van der Waals surface area contributed by atoms with Gasteiger partial charge in [0.05, 0.1) is 4.47 Å². The Balaban J connectivity index is 2.28. The fourth-order valence-electron chi connectivity index (χ4n) is 1.67. The van der Waals surface area contributed by atoms with Crippen LogP contribution in [0.5, 0.6) is 11.5 Å². The van der Waals surface area contributed by atoms with Crippen LogP contribution in [0.4, 0.5) is 4.39 Å². The van der Waals surface area contributed by atoms with Crippen LogP contribution >= 0.6 is 15.9 Å². The minimum Gasteiger partial charge on any atom is -0.478 e. The number of carboxylic acid groups (broad SMARTS) is 1. The van der Waals surface area contributed by atoms with Crippen molar-refractivity contribution in [1.29, 1.82) is 0 Å². The van der Waals surface area contributed by atoms with Crippen molar-refractivity contribution in [2.24, 2.45) is 0 Å². The molecule has 108 valence electrons. The standard InChI is InChI=1S/C16H12BrFO3/c1-10-2-3-11(4-7-16(19)20)8-15(10)21-12-5-6-14(18)13(17)9-12/h2-9H,1H3,(H,19,20)/b7-4+. The van der Waals surface area contributed by atoms with Gasteiger partial charge in [-0.05, 0) is 64.3 Å². The average Bonchev–Trinajstić information content (AvgIpc) is 2.43. The Hall–Kier alpha value is -2.14. The number of aryl methyl sites for hydroxylation is 1. The summed E-state index contributed by atoms with van der Waals surface area (Å²) < 4.78 is 19.2. The minimum atomic E-state index is -1.01. The molecule has 0 radical (unpaired) electrons. The Morgan fingerprint density at radius 1 is 1.29 bits per heavy atom. The topological polar surface area (TPSA) is 46.5 Å². The zero-order valence-corrected chi connectivity index (χ0v) is 12.7. The van der Waals surface area contributed by atoms with Gasteiger partial charge in [0.25, 0.3) is 0 Å². The SMILES string of the molecule is Cc1ccc(/C=C/C(=O)O)cc1Oc1ccc(F)c(Br)c1. The van der Waals surface area contributed by atoms with E-state index in [9.17, 15) is 9.18 Å². The minimum absolute atomic E-state index is 0.319. The number of halogens is 2. The first-order chi connectivity index (χ1) is 9.95. The van der Waals surface area contributed by atoms with Gasteiger partial charge in [0.2, 0.25) is 0 Å². The first-order valence-corrected chi connectivity index (χ1v) is 6.89. The number of hydrogen-bond acceptors (Lipinski definition) is 2. The highest BCUT2D eigenvalue weighted by atomic mass is 79.9. The summed E-state index contributed by atoms with van der Waals surface area (Å²) in [6, 6.07) is 9.72. The van der Waals surface area contributed by atoms with Crippen molar-refractivity contribution in [2.75, 3.05) is 0 Å². The maximum Gasteiger partial charge on any atom is 0.328 e. The van der Waals surface area contributed by atoms with Crippen LogP contribution in [-0.4, -0.2) is 11.1 Å². The molecule has 0 heterocycles. The molecule has 2 aromatic rings. The lowest BCUT2D eigenvalue weighted by molar-refractivity contribution is -0.131. The molecule has 5 heteroatoms. The molecule has 0 aliphatic rings. The van der Waals surface area contributed by atoms with Crippen molar-refractivity contribution < 1.29 is 19.0 Å². The zero-order valence-electron chi connectivity index (χ0n) is 11.1. The summed E-state index contributed by atoms with van der Waals surface area (Å²) >= 11 is 3.10. The van der Waals surface area contributed by atoms with Crippen LogP contribution in [0.15, 0.2) is 46.9 Å². The van der Waals surface area contributed by atoms with Crippen LogP contribution in [0.3, 0.4) is 0 Å². The third-order valence-electron chi connectivity index (χ3n) is 2.75. The van der Waals surface area contributed by atoms with E-state index in [0.717, 1.165) is 11.6 Å². The van der Waals surface area contributed by atoms with Crippen molar-refractivity contribution in [3.05, 3.63) is 63.9 Å². The van der Waals surface area contributed by atoms with Gasteiger partial charge in [0.15, 0.2) is 0 Å². The lowest BCUT2D eigenvalue weighted by atomic mass is 10.1. The first-order valence-electron chi connectivity index (χ1n) is 6.10. The van der Waals surface area contributed by atoms with Crippen molar-refractivity contribution in [1.82, 2.24) is 0 Å². The number of carboxylic acids is 1. The highest BCUT2D eigenvalue weighted by Crippen LogP contribution is 2.29. The molecule has 0 saturated heterocycles. The molecule has 2 aromatic carbocycles. The normalized spacial score (nSPS) is 10.8. The van der Waals surface area contributed by atoms with Gasteiger partial charge in [0, 0.05) is 6.08 Å². The summed E-state index contributed by atoms with van der Waals surface area (Å²) in [6.45, 7) is 1.87. The molecule has 1 N–H and O–H groups in total. The molecule has 0 fully saturated rings. The summed E-state index contributed by atoms with van der Waals surface area (Å²) in [5, 5.41) is 8.63. The quantitative estimate of drug-likeness (QED) is 0.806. The van der Waals surface area contributed by atoms with Gasteiger partial charge < -0.3 is 9.84 Å². The molecule has 0 spiro atoms. The van der Waals surface area contributed by atoms with Crippen molar-refractivity contribution in [2.45, 2.75) is 6.92 Å². The third kappa shape index (κ3) is 4.16. The van der Waals surface area contributed by atoms with Gasteiger partial charge >= 0.3 is 5.97 Å². The Labute approximate surface area is 129 Å². The van der Waals surface area contributed by atoms with E-state index in [2.05, 4.69) is 15.9 Å². The molecular formula is C16H12BrFO3. The largest absolute Gasteiger partial charge is 0.478 e. The molecule has 0 atom stereocenters. The van der Waals surface area contributed by atoms with Crippen molar-refractivity contribution >= 4 is 28.0 Å². The van der Waals surface area contributed by atoms with Crippen molar-refractivity contribution in [3.63, 3.8) is 0 Å². The highest BCUT2D eigenvalue weighted by molar-refractivity contribution is 9.10. The molecule has 0 unspecified atom stereocenters. The Morgan fingerprint density at radius 3 is 2.71 bits per heavy atom. The summed E-state index contributed by atoms with van der Waals surface area (Å²) in [5.74, 6) is -0.301. The predicted octanol–water partition coefficient (Wildman–Crippen LogP) is 4.79. The van der Waals surface area contributed by atoms with Crippen LogP contribution in [0.25, 0.3) is 6.08 Å². The number of hydrogen-bond donors (Lipinski definition) is 1. The van der Waals surface area contributed by atoms with E-state index < -0.39 is 5.97 Å². The maximum atomic E-state index is 13.2. The van der Waals surface area contributed by atoms with E-state index in [1.165, 1.54) is 24.3 Å². The van der Waals surface area contributed by atoms with Gasteiger partial charge in [0.1, 0.15) is 17.3 Å². The molecule has 0 aromatic heterocycles. The highest BCUT2D eigenvalue weighted by Gasteiger charge is 2.05. The Bertz CT molecular complexity index is 711. The number of rotatable bonds is 4. The van der Waals surface area contributed by atoms with Crippen LogP contribution in [0, 0.1) is 12.7 Å². The lowest BCUT2D eigenvalue weighted by Crippen LogP contribution is -1.90. The molecule has 0 amide bonds. The fourth-order valence-corrected chi connectivity index (χ4v) is 2.02. The molecule has 0 aliphatic heterocycles. The Kier molecular flexibility index (Phi) is 4.75. The van der Waals surface area contributed by atoms with Crippen LogP contribution in [0.2, 0.25) is 0 Å². The Morgan fingerprint density at radius 2 is 2.05 bits per heavy atom. The van der Waals surface area contributed by atoms with E-state index in [0.29, 0.717) is 21.5 Å². The van der Waals surface area contributed by atoms with Gasteiger partial charge in [-0.25, -0.2) is 9.18 Å². The van der Waals surface area contributed by atoms with Gasteiger partial charge in [-0.1, -0.05) is 12.1 Å².